The molecule has 0 aliphatic carbocycles. The van der Waals surface area contributed by atoms with Crippen LogP contribution in [0.1, 0.15) is 33.2 Å². The van der Waals surface area contributed by atoms with Crippen LogP contribution in [0.25, 0.3) is 0 Å². The number of benzene rings is 3. The number of hydrogen-bond donors (Lipinski definition) is 0. The predicted molar refractivity (Wildman–Crippen MR) is 118 cm³/mol. The van der Waals surface area contributed by atoms with Crippen molar-refractivity contribution in [2.75, 3.05) is 13.2 Å². The summed E-state index contributed by atoms with van der Waals surface area (Å²) in [6.45, 7) is 2.72. The van der Waals surface area contributed by atoms with Gasteiger partial charge in [0.25, 0.3) is 0 Å². The molecular weight excluding hydrogens is 448 g/mol. The van der Waals surface area contributed by atoms with Crippen LogP contribution in [0, 0.1) is 0 Å². The van der Waals surface area contributed by atoms with Crippen molar-refractivity contribution in [3.05, 3.63) is 87.9 Å². The fraction of sp³-hybridized carbons (Fsp3) is 0.167. The Labute approximate surface area is 183 Å². The van der Waals surface area contributed by atoms with Gasteiger partial charge in [-0.05, 0) is 64.8 Å². The van der Waals surface area contributed by atoms with Gasteiger partial charge in [-0.2, -0.15) is 0 Å². The lowest BCUT2D eigenvalue weighted by atomic mass is 10.2. The zero-order valence-electron chi connectivity index (χ0n) is 16.5. The van der Waals surface area contributed by atoms with Gasteiger partial charge in [-0.25, -0.2) is 4.79 Å². The Balaban J connectivity index is 1.65. The molecule has 3 aromatic carbocycles. The van der Waals surface area contributed by atoms with Crippen molar-refractivity contribution in [1.29, 1.82) is 0 Å². The molecule has 0 saturated heterocycles. The number of aldehydes is 1. The SMILES string of the molecule is CCOc1cc(C=O)ccc1OC(=O)c1ccc(OCCc2ccccc2)c(Br)c1. The fourth-order valence-electron chi connectivity index (χ4n) is 2.78. The van der Waals surface area contributed by atoms with Crippen molar-refractivity contribution < 1.29 is 23.8 Å². The second kappa shape index (κ2) is 10.6. The second-order valence-electron chi connectivity index (χ2n) is 6.38. The third kappa shape index (κ3) is 5.70. The topological polar surface area (TPSA) is 61.8 Å². The average molecular weight is 469 g/mol. The number of ether oxygens (including phenoxy) is 3. The molecule has 6 heteroatoms. The van der Waals surface area contributed by atoms with E-state index < -0.39 is 5.97 Å². The van der Waals surface area contributed by atoms with E-state index in [1.165, 1.54) is 5.56 Å². The molecule has 3 aromatic rings. The summed E-state index contributed by atoms with van der Waals surface area (Å²) < 4.78 is 17.4. The smallest absolute Gasteiger partial charge is 0.343 e. The maximum Gasteiger partial charge on any atom is 0.343 e. The highest BCUT2D eigenvalue weighted by molar-refractivity contribution is 9.10. The summed E-state index contributed by atoms with van der Waals surface area (Å²) in [5.74, 6) is 0.710. The van der Waals surface area contributed by atoms with E-state index in [1.54, 1.807) is 36.4 Å². The predicted octanol–water partition coefficient (Wildman–Crippen LogP) is 5.50. The molecule has 0 N–H and O–H groups in total. The van der Waals surface area contributed by atoms with Crippen LogP contribution in [0.5, 0.6) is 17.2 Å². The minimum absolute atomic E-state index is 0.256. The van der Waals surface area contributed by atoms with Crippen molar-refractivity contribution in [2.45, 2.75) is 13.3 Å². The maximum atomic E-state index is 12.6. The first-order valence-corrected chi connectivity index (χ1v) is 10.3. The Kier molecular flexibility index (Phi) is 7.63. The zero-order chi connectivity index (χ0) is 21.3. The standard InChI is InChI=1S/C24H21BrO5/c1-2-28-23-14-18(16-26)8-10-22(23)30-24(27)19-9-11-21(20(25)15-19)29-13-12-17-6-4-3-5-7-17/h3-11,14-16H,2,12-13H2,1H3. The van der Waals surface area contributed by atoms with Gasteiger partial charge in [-0.3, -0.25) is 4.79 Å². The third-order valence-corrected chi connectivity index (χ3v) is 4.88. The van der Waals surface area contributed by atoms with Crippen molar-refractivity contribution in [1.82, 2.24) is 0 Å². The molecule has 154 valence electrons. The van der Waals surface area contributed by atoms with Crippen molar-refractivity contribution in [2.24, 2.45) is 0 Å². The van der Waals surface area contributed by atoms with E-state index in [0.29, 0.717) is 46.6 Å². The van der Waals surface area contributed by atoms with E-state index in [1.807, 2.05) is 25.1 Å². The van der Waals surface area contributed by atoms with Crippen molar-refractivity contribution in [3.63, 3.8) is 0 Å². The minimum atomic E-state index is -0.536. The molecule has 0 atom stereocenters. The highest BCUT2D eigenvalue weighted by atomic mass is 79.9. The lowest BCUT2D eigenvalue weighted by molar-refractivity contribution is 0.0728. The maximum absolute atomic E-state index is 12.6. The number of halogens is 1. The van der Waals surface area contributed by atoms with Crippen LogP contribution >= 0.6 is 15.9 Å². The van der Waals surface area contributed by atoms with Gasteiger partial charge in [0.15, 0.2) is 11.5 Å². The van der Waals surface area contributed by atoms with Crippen LogP contribution in [0.3, 0.4) is 0 Å². The molecule has 0 spiro atoms. The molecule has 0 heterocycles. The molecule has 3 rings (SSSR count). The lowest BCUT2D eigenvalue weighted by Crippen LogP contribution is -2.10. The van der Waals surface area contributed by atoms with Gasteiger partial charge in [-0.15, -0.1) is 0 Å². The van der Waals surface area contributed by atoms with E-state index in [9.17, 15) is 9.59 Å². The largest absolute Gasteiger partial charge is 0.492 e. The monoisotopic (exact) mass is 468 g/mol. The molecule has 0 aromatic heterocycles. The number of esters is 1. The van der Waals surface area contributed by atoms with Gasteiger partial charge in [0.1, 0.15) is 12.0 Å². The third-order valence-electron chi connectivity index (χ3n) is 4.27. The van der Waals surface area contributed by atoms with E-state index in [0.717, 1.165) is 6.42 Å². The molecule has 30 heavy (non-hydrogen) atoms. The summed E-state index contributed by atoms with van der Waals surface area (Å²) in [5, 5.41) is 0. The molecule has 0 saturated carbocycles. The summed E-state index contributed by atoms with van der Waals surface area (Å²) in [7, 11) is 0. The van der Waals surface area contributed by atoms with Gasteiger partial charge < -0.3 is 14.2 Å². The van der Waals surface area contributed by atoms with Crippen molar-refractivity contribution in [3.8, 4) is 17.2 Å². The van der Waals surface area contributed by atoms with Crippen LogP contribution in [0.4, 0.5) is 0 Å². The Hall–Kier alpha value is -3.12. The van der Waals surface area contributed by atoms with Gasteiger partial charge in [0.2, 0.25) is 0 Å². The first-order chi connectivity index (χ1) is 14.6. The van der Waals surface area contributed by atoms with Crippen LogP contribution in [-0.2, 0) is 6.42 Å². The minimum Gasteiger partial charge on any atom is -0.492 e. The van der Waals surface area contributed by atoms with Gasteiger partial charge >= 0.3 is 5.97 Å². The molecule has 0 radical (unpaired) electrons. The van der Waals surface area contributed by atoms with Gasteiger partial charge in [0.05, 0.1) is 23.2 Å². The number of hydrogen-bond acceptors (Lipinski definition) is 5. The zero-order valence-corrected chi connectivity index (χ0v) is 18.1. The summed E-state index contributed by atoms with van der Waals surface area (Å²) in [6, 6.07) is 19.7. The normalized spacial score (nSPS) is 10.3. The van der Waals surface area contributed by atoms with Gasteiger partial charge in [-0.1, -0.05) is 30.3 Å². The van der Waals surface area contributed by atoms with E-state index in [4.69, 9.17) is 14.2 Å². The Morgan fingerprint density at radius 3 is 2.40 bits per heavy atom. The quantitative estimate of drug-likeness (QED) is 0.235. The van der Waals surface area contributed by atoms with Crippen LogP contribution in [0.2, 0.25) is 0 Å². The highest BCUT2D eigenvalue weighted by Gasteiger charge is 2.15. The molecule has 0 aliphatic rings. The summed E-state index contributed by atoms with van der Waals surface area (Å²) in [6.07, 6.45) is 1.50. The summed E-state index contributed by atoms with van der Waals surface area (Å²) in [4.78, 5) is 23.5. The number of rotatable bonds is 9. The fourth-order valence-corrected chi connectivity index (χ4v) is 3.27. The first-order valence-electron chi connectivity index (χ1n) is 9.51. The lowest BCUT2D eigenvalue weighted by Gasteiger charge is -2.12. The Bertz CT molecular complexity index is 1020. The van der Waals surface area contributed by atoms with Crippen LogP contribution < -0.4 is 14.2 Å². The Morgan fingerprint density at radius 2 is 1.70 bits per heavy atom. The molecule has 5 nitrogen and oxygen atoms in total. The van der Waals surface area contributed by atoms with E-state index in [2.05, 4.69) is 28.1 Å². The molecule has 0 aliphatic heterocycles. The van der Waals surface area contributed by atoms with Crippen LogP contribution in [0.15, 0.2) is 71.2 Å². The molecule has 0 amide bonds. The summed E-state index contributed by atoms with van der Waals surface area (Å²) in [5.41, 5.74) is 2.00. The molecular formula is C24H21BrO5. The Morgan fingerprint density at radius 1 is 0.933 bits per heavy atom. The molecule has 0 fully saturated rings. The van der Waals surface area contributed by atoms with E-state index in [-0.39, 0.29) is 5.75 Å². The van der Waals surface area contributed by atoms with Crippen molar-refractivity contribution >= 4 is 28.2 Å². The van der Waals surface area contributed by atoms with Crippen LogP contribution in [-0.4, -0.2) is 25.5 Å². The molecule has 0 unspecified atom stereocenters. The number of carbonyl (C=O) groups is 2. The summed E-state index contributed by atoms with van der Waals surface area (Å²) >= 11 is 3.45. The van der Waals surface area contributed by atoms with Gasteiger partial charge in [0, 0.05) is 12.0 Å². The highest BCUT2D eigenvalue weighted by Crippen LogP contribution is 2.30. The average Bonchev–Trinajstić information content (AvgIpc) is 2.77. The number of carbonyl (C=O) groups excluding carboxylic acids is 2. The first kappa shape index (κ1) is 21.6. The second-order valence-corrected chi connectivity index (χ2v) is 7.23. The van der Waals surface area contributed by atoms with E-state index >= 15 is 0 Å². The molecule has 0 bridgehead atoms.